The summed E-state index contributed by atoms with van der Waals surface area (Å²) in [5, 5.41) is 16.6. The molecule has 2 aliphatic heterocycles. The van der Waals surface area contributed by atoms with Crippen molar-refractivity contribution in [1.82, 2.24) is 0 Å². The summed E-state index contributed by atoms with van der Waals surface area (Å²) in [4.78, 5) is 1.99. The van der Waals surface area contributed by atoms with E-state index >= 15 is 0 Å². The third kappa shape index (κ3) is 10.2. The summed E-state index contributed by atoms with van der Waals surface area (Å²) in [7, 11) is -13.9. The van der Waals surface area contributed by atoms with Crippen molar-refractivity contribution < 1.29 is 147 Å². The molecule has 56 heavy (non-hydrogen) atoms. The molecule has 6 rings (SSSR count). The quantitative estimate of drug-likeness (QED) is 0.0325. The van der Waals surface area contributed by atoms with Gasteiger partial charge in [0, 0.05) is 45.9 Å². The Hall–Kier alpha value is -0.690. The molecule has 0 fully saturated rings. The van der Waals surface area contributed by atoms with Crippen molar-refractivity contribution in [2.75, 3.05) is 29.5 Å². The first-order valence-corrected chi connectivity index (χ1v) is 21.4. The molecule has 0 amide bonds. The summed E-state index contributed by atoms with van der Waals surface area (Å²) in [5.41, 5.74) is 2.61. The molecule has 0 atom stereocenters. The van der Waals surface area contributed by atoms with Crippen molar-refractivity contribution in [3.8, 4) is 0 Å². The maximum absolute atomic E-state index is 11.8. The van der Waals surface area contributed by atoms with Gasteiger partial charge in [0.05, 0.1) is 44.0 Å². The van der Waals surface area contributed by atoms with E-state index in [9.17, 15) is 44.2 Å². The Balaban J connectivity index is 0.00000280. The topological polar surface area (TPSA) is 219 Å². The normalized spacial score (nSPS) is 16.9. The monoisotopic (exact) mass is 870 g/mol. The van der Waals surface area contributed by atoms with Crippen LogP contribution in [0.4, 0.5) is 11.4 Å². The fourth-order valence-electron chi connectivity index (χ4n) is 7.52. The zero-order chi connectivity index (χ0) is 38.7. The summed E-state index contributed by atoms with van der Waals surface area (Å²) >= 11 is 0.745. The molecule has 4 aromatic carbocycles. The number of hydrogen-bond donors (Lipinski definition) is 0. The average molecular weight is 871 g/mol. The second kappa shape index (κ2) is 18.5. The predicted octanol–water partition coefficient (Wildman–Crippen LogP) is -5.16. The summed E-state index contributed by atoms with van der Waals surface area (Å²) in [6.07, 6.45) is 5.31. The molecule has 282 valence electrons. The van der Waals surface area contributed by atoms with Gasteiger partial charge in [-0.1, -0.05) is 38.1 Å². The van der Waals surface area contributed by atoms with E-state index in [1.165, 1.54) is 18.2 Å². The Morgan fingerprint density at radius 3 is 2.00 bits per heavy atom. The molecular formula is C35H33N2Na3O12S4. The minimum atomic E-state index is -4.73. The third-order valence-electron chi connectivity index (χ3n) is 9.72. The molecule has 0 saturated carbocycles. The summed E-state index contributed by atoms with van der Waals surface area (Å²) in [6.45, 7) is 7.41. The zero-order valence-corrected chi connectivity index (χ0v) is 41.0. The molecule has 0 saturated heterocycles. The maximum Gasteiger partial charge on any atom is 1.00 e. The predicted molar refractivity (Wildman–Crippen MR) is 193 cm³/mol. The van der Waals surface area contributed by atoms with E-state index in [0.717, 1.165) is 33.9 Å². The van der Waals surface area contributed by atoms with Crippen LogP contribution < -0.4 is 98.8 Å². The van der Waals surface area contributed by atoms with Gasteiger partial charge in [-0.25, -0.2) is 25.3 Å². The minimum absolute atomic E-state index is 0. The fraction of sp³-hybridized carbons (Fsp3) is 0.286. The fourth-order valence-corrected chi connectivity index (χ4v) is 9.25. The van der Waals surface area contributed by atoms with Crippen LogP contribution in [0.1, 0.15) is 38.8 Å². The van der Waals surface area contributed by atoms with E-state index in [-0.39, 0.29) is 102 Å². The number of allylic oxidation sites excluding steroid dienone is 4. The van der Waals surface area contributed by atoms with E-state index < -0.39 is 57.6 Å². The Labute approximate surface area is 396 Å². The molecule has 0 unspecified atom stereocenters. The van der Waals surface area contributed by atoms with Gasteiger partial charge in [-0.3, -0.25) is 5.04 Å². The molecule has 0 bridgehead atoms. The van der Waals surface area contributed by atoms with Crippen molar-refractivity contribution in [2.24, 2.45) is 0 Å². The Bertz CT molecular complexity index is 2610. The van der Waals surface area contributed by atoms with Crippen LogP contribution in [0.5, 0.6) is 0 Å². The van der Waals surface area contributed by atoms with Gasteiger partial charge in [0.15, 0.2) is 12.3 Å². The first kappa shape index (κ1) is 49.7. The molecule has 21 heteroatoms. The summed E-state index contributed by atoms with van der Waals surface area (Å²) < 4.78 is 112. The molecule has 4 aromatic rings. The number of rotatable bonds is 12. The number of hydrogen-bond acceptors (Lipinski definition) is 14. The smallest absolute Gasteiger partial charge is 0.748 e. The molecule has 0 radical (unpaired) electrons. The number of nitrogens with zero attached hydrogens (tertiary/aromatic N) is 2. The van der Waals surface area contributed by atoms with Gasteiger partial charge in [0.1, 0.15) is 20.2 Å². The zero-order valence-electron chi connectivity index (χ0n) is 31.8. The Morgan fingerprint density at radius 1 is 0.768 bits per heavy atom. The van der Waals surface area contributed by atoms with Gasteiger partial charge >= 0.3 is 88.7 Å². The first-order chi connectivity index (χ1) is 24.6. The largest absolute Gasteiger partial charge is 1.00 e. The Kier molecular flexibility index (Phi) is 16.4. The van der Waals surface area contributed by atoms with Crippen molar-refractivity contribution in [3.05, 3.63) is 95.7 Å². The second-order valence-corrected chi connectivity index (χ2v) is 18.9. The van der Waals surface area contributed by atoms with Crippen LogP contribution in [-0.4, -0.2) is 73.8 Å². The van der Waals surface area contributed by atoms with Crippen LogP contribution in [-0.2, 0) is 50.6 Å². The first-order valence-electron chi connectivity index (χ1n) is 16.1. The van der Waals surface area contributed by atoms with Gasteiger partial charge in [0.2, 0.25) is 5.69 Å². The van der Waals surface area contributed by atoms with Crippen molar-refractivity contribution in [2.45, 2.75) is 48.3 Å². The van der Waals surface area contributed by atoms with Crippen LogP contribution in [0.15, 0.2) is 94.4 Å². The van der Waals surface area contributed by atoms with Gasteiger partial charge in [-0.15, -0.1) is 0 Å². The minimum Gasteiger partial charge on any atom is -0.748 e. The number of anilines is 1. The van der Waals surface area contributed by atoms with Gasteiger partial charge < -0.3 is 23.8 Å². The number of fused-ring (bicyclic) bond motifs is 6. The number of benzene rings is 4. The maximum atomic E-state index is 11.8. The van der Waals surface area contributed by atoms with Gasteiger partial charge in [-0.05, 0) is 83.4 Å². The van der Waals surface area contributed by atoms with E-state index in [4.69, 9.17) is 0 Å². The summed E-state index contributed by atoms with van der Waals surface area (Å²) in [5.74, 6) is -1.36. The second-order valence-electron chi connectivity index (χ2n) is 13.7. The van der Waals surface area contributed by atoms with Crippen molar-refractivity contribution >= 4 is 81.0 Å². The summed E-state index contributed by atoms with van der Waals surface area (Å²) in [6, 6.07) is 16.4. The molecule has 2 heterocycles. The van der Waals surface area contributed by atoms with Crippen molar-refractivity contribution in [1.29, 1.82) is 0 Å². The standard InChI is InChI=1S/C35H36N2O12S4.3Na/c1-34(2)30(36(16-18-51(39,40)41)28-14-8-22-20-24(50-49-48-38)10-12-26(22)32(28)34)6-5-7-31-35(3,4)33-27-13-11-25(53(45,46)47)21-23(27)9-15-29(33)37(31)17-19-52(42,43)44;;;/h5-15,20-21H,16-19H2,1-4H3,(H3-,38,39,40,41,42,43,44,45,46,47);;;/q;3*+1/p-3. The van der Waals surface area contributed by atoms with Crippen LogP contribution in [0.3, 0.4) is 0 Å². The SMILES string of the molecule is CC1(C)C(C=C/C=C2/N(CCS(=O)(=O)[O-])c3ccc4cc(SOO[O-])ccc4c3C2(C)C)=[N+](CCS(=O)(=O)[O-])c2ccc3cc(S(=O)(=O)[O-])ccc3c21.[Na+].[Na+].[Na+]. The molecule has 2 aliphatic rings. The van der Waals surface area contributed by atoms with E-state index in [1.54, 1.807) is 52.0 Å². The third-order valence-corrected chi connectivity index (χ3v) is 12.5. The van der Waals surface area contributed by atoms with E-state index in [2.05, 4.69) is 9.37 Å². The molecule has 0 aromatic heterocycles. The Morgan fingerprint density at radius 2 is 1.38 bits per heavy atom. The molecule has 0 spiro atoms. The van der Waals surface area contributed by atoms with Crippen molar-refractivity contribution in [3.63, 3.8) is 0 Å². The van der Waals surface area contributed by atoms with Crippen LogP contribution in [0.25, 0.3) is 21.5 Å². The van der Waals surface area contributed by atoms with E-state index in [0.29, 0.717) is 38.5 Å². The molecule has 0 aliphatic carbocycles. The van der Waals surface area contributed by atoms with E-state index in [1.807, 2.05) is 45.9 Å². The van der Waals surface area contributed by atoms with Crippen LogP contribution >= 0.6 is 12.0 Å². The molecular weight excluding hydrogens is 838 g/mol. The van der Waals surface area contributed by atoms with Crippen LogP contribution in [0.2, 0.25) is 0 Å². The molecule has 14 nitrogen and oxygen atoms in total. The average Bonchev–Trinajstić information content (AvgIpc) is 3.42. The molecule has 0 N–H and O–H groups in total. The van der Waals surface area contributed by atoms with Gasteiger partial charge in [-0.2, -0.15) is 8.91 Å². The van der Waals surface area contributed by atoms with Crippen LogP contribution in [0, 0.1) is 0 Å². The van der Waals surface area contributed by atoms with Gasteiger partial charge in [0.25, 0.3) is 0 Å².